The molecule has 1 unspecified atom stereocenters. The highest BCUT2D eigenvalue weighted by molar-refractivity contribution is 6.52. The van der Waals surface area contributed by atoms with E-state index in [9.17, 15) is 19.8 Å². The number of carbonyl (C=O) groups is 2. The normalized spacial score (nSPS) is 17.8. The van der Waals surface area contributed by atoms with Gasteiger partial charge in [-0.3, -0.25) is 14.5 Å². The summed E-state index contributed by atoms with van der Waals surface area (Å²) in [7, 11) is 0. The number of hydrogen-bond acceptors (Lipinski definition) is 4. The van der Waals surface area contributed by atoms with E-state index in [1.807, 2.05) is 49.4 Å². The van der Waals surface area contributed by atoms with E-state index < -0.39 is 17.7 Å². The van der Waals surface area contributed by atoms with Crippen LogP contribution in [0.1, 0.15) is 75.4 Å². The molecule has 0 bridgehead atoms. The molecule has 4 rings (SSSR count). The summed E-state index contributed by atoms with van der Waals surface area (Å²) >= 11 is 6.22. The molecule has 2 N–H and O–H groups in total. The second kappa shape index (κ2) is 9.63. The Labute approximate surface area is 229 Å². The van der Waals surface area contributed by atoms with Crippen LogP contribution in [0.4, 0.5) is 5.69 Å². The number of amides is 1. The monoisotopic (exact) mass is 531 g/mol. The lowest BCUT2D eigenvalue weighted by molar-refractivity contribution is -0.132. The fourth-order valence-electron chi connectivity index (χ4n) is 4.74. The van der Waals surface area contributed by atoms with Gasteiger partial charge in [-0.25, -0.2) is 0 Å². The van der Waals surface area contributed by atoms with Crippen LogP contribution >= 0.6 is 11.6 Å². The van der Waals surface area contributed by atoms with Crippen LogP contribution in [0.3, 0.4) is 0 Å². The highest BCUT2D eigenvalue weighted by Gasteiger charge is 2.48. The van der Waals surface area contributed by atoms with Crippen molar-refractivity contribution in [1.82, 2.24) is 0 Å². The van der Waals surface area contributed by atoms with E-state index in [0.717, 1.165) is 16.7 Å². The minimum atomic E-state index is -0.967. The Morgan fingerprint density at radius 3 is 2.00 bits per heavy atom. The highest BCUT2D eigenvalue weighted by Crippen LogP contribution is 2.46. The van der Waals surface area contributed by atoms with Crippen LogP contribution < -0.4 is 4.90 Å². The molecule has 5 nitrogen and oxygen atoms in total. The Bertz CT molecular complexity index is 1460. The molecule has 3 aromatic rings. The molecule has 0 radical (unpaired) electrons. The van der Waals surface area contributed by atoms with Gasteiger partial charge in [0.1, 0.15) is 11.5 Å². The largest absolute Gasteiger partial charge is 0.507 e. The van der Waals surface area contributed by atoms with E-state index in [0.29, 0.717) is 16.1 Å². The van der Waals surface area contributed by atoms with Gasteiger partial charge in [0.05, 0.1) is 17.3 Å². The van der Waals surface area contributed by atoms with Crippen molar-refractivity contribution in [2.24, 2.45) is 0 Å². The van der Waals surface area contributed by atoms with Gasteiger partial charge in [0.15, 0.2) is 0 Å². The topological polar surface area (TPSA) is 77.8 Å². The smallest absolute Gasteiger partial charge is 0.300 e. The van der Waals surface area contributed by atoms with Gasteiger partial charge in [-0.05, 0) is 64.3 Å². The molecular formula is C32H34ClNO4. The first kappa shape index (κ1) is 27.5. The van der Waals surface area contributed by atoms with Gasteiger partial charge in [-0.2, -0.15) is 0 Å². The fraction of sp³-hybridized carbons (Fsp3) is 0.312. The van der Waals surface area contributed by atoms with Crippen molar-refractivity contribution in [3.63, 3.8) is 0 Å². The summed E-state index contributed by atoms with van der Waals surface area (Å²) in [5.41, 5.74) is 3.73. The summed E-state index contributed by atoms with van der Waals surface area (Å²) in [6.45, 7) is 14.4. The first-order valence-corrected chi connectivity index (χ1v) is 13.0. The zero-order valence-electron chi connectivity index (χ0n) is 22.9. The molecule has 1 aliphatic heterocycles. The van der Waals surface area contributed by atoms with Crippen LogP contribution in [0.2, 0.25) is 5.02 Å². The van der Waals surface area contributed by atoms with Crippen molar-refractivity contribution in [3.05, 3.63) is 99.1 Å². The number of aliphatic hydroxyl groups is 1. The summed E-state index contributed by atoms with van der Waals surface area (Å²) < 4.78 is 0. The number of nitrogens with zero attached hydrogens (tertiary/aromatic N) is 1. The molecule has 1 fully saturated rings. The maximum absolute atomic E-state index is 13.6. The van der Waals surface area contributed by atoms with Gasteiger partial charge in [0.25, 0.3) is 11.7 Å². The molecular weight excluding hydrogens is 498 g/mol. The number of benzene rings is 3. The minimum Gasteiger partial charge on any atom is -0.507 e. The van der Waals surface area contributed by atoms with Gasteiger partial charge >= 0.3 is 0 Å². The molecule has 1 saturated heterocycles. The second-order valence-corrected chi connectivity index (χ2v) is 12.4. The van der Waals surface area contributed by atoms with E-state index in [-0.39, 0.29) is 33.6 Å². The van der Waals surface area contributed by atoms with E-state index in [1.54, 1.807) is 0 Å². The molecule has 0 saturated carbocycles. The molecule has 1 heterocycles. The molecule has 0 aromatic heterocycles. The summed E-state index contributed by atoms with van der Waals surface area (Å²) in [6, 6.07) is 16.8. The molecule has 0 aliphatic carbocycles. The van der Waals surface area contributed by atoms with Crippen LogP contribution in [0.15, 0.2) is 66.2 Å². The third kappa shape index (κ3) is 4.95. The van der Waals surface area contributed by atoms with E-state index in [2.05, 4.69) is 41.5 Å². The van der Waals surface area contributed by atoms with Gasteiger partial charge in [-0.1, -0.05) is 89.5 Å². The average molecular weight is 532 g/mol. The third-order valence-corrected chi connectivity index (χ3v) is 7.33. The van der Waals surface area contributed by atoms with Crippen molar-refractivity contribution < 1.29 is 19.8 Å². The van der Waals surface area contributed by atoms with E-state index >= 15 is 0 Å². The van der Waals surface area contributed by atoms with Crippen LogP contribution in [0.25, 0.3) is 5.76 Å². The van der Waals surface area contributed by atoms with E-state index in [4.69, 9.17) is 11.6 Å². The third-order valence-electron chi connectivity index (χ3n) is 7.09. The van der Waals surface area contributed by atoms with Crippen molar-refractivity contribution in [1.29, 1.82) is 0 Å². The molecule has 1 aliphatic rings. The van der Waals surface area contributed by atoms with E-state index in [1.165, 1.54) is 23.1 Å². The highest BCUT2D eigenvalue weighted by atomic mass is 35.5. The average Bonchev–Trinajstić information content (AvgIpc) is 3.09. The molecule has 198 valence electrons. The van der Waals surface area contributed by atoms with Crippen molar-refractivity contribution >= 4 is 34.7 Å². The van der Waals surface area contributed by atoms with Crippen LogP contribution in [0.5, 0.6) is 5.75 Å². The summed E-state index contributed by atoms with van der Waals surface area (Å²) in [5.74, 6) is -2.12. The molecule has 1 atom stereocenters. The van der Waals surface area contributed by atoms with Crippen LogP contribution in [-0.2, 0) is 20.4 Å². The first-order valence-electron chi connectivity index (χ1n) is 12.6. The Balaban J connectivity index is 2.00. The number of aryl methyl sites for hydroxylation is 1. The lowest BCUT2D eigenvalue weighted by Crippen LogP contribution is -2.29. The van der Waals surface area contributed by atoms with Crippen molar-refractivity contribution in [2.45, 2.75) is 65.3 Å². The molecule has 6 heteroatoms. The standard InChI is InChI=1S/C32H34ClNO4/c1-18-8-11-21(32(5,6)7)16-23(18)28(36)26-27(19-9-12-20(13-10-19)31(2,3)4)34(30(38)29(26)37)24-17-22(33)14-15-25(24)35/h8-17,27,35-36H,1-7H3/b28-26+. The number of halogens is 1. The second-order valence-electron chi connectivity index (χ2n) is 12.0. The molecule has 3 aromatic carbocycles. The number of aromatic hydroxyl groups is 1. The summed E-state index contributed by atoms with van der Waals surface area (Å²) in [5, 5.41) is 22.7. The van der Waals surface area contributed by atoms with Gasteiger partial charge in [0.2, 0.25) is 0 Å². The Morgan fingerprint density at radius 1 is 0.842 bits per heavy atom. The fourth-order valence-corrected chi connectivity index (χ4v) is 4.91. The maximum atomic E-state index is 13.6. The molecule has 38 heavy (non-hydrogen) atoms. The number of aliphatic hydroxyl groups excluding tert-OH is 1. The number of Topliss-reactive ketones (excluding diaryl/α,β-unsaturated/α-hetero) is 1. The predicted octanol–water partition coefficient (Wildman–Crippen LogP) is 7.58. The number of carbonyl (C=O) groups excluding carboxylic acids is 2. The quantitative estimate of drug-likeness (QED) is 0.207. The van der Waals surface area contributed by atoms with Gasteiger partial charge < -0.3 is 10.2 Å². The zero-order valence-corrected chi connectivity index (χ0v) is 23.6. The zero-order chi connectivity index (χ0) is 28.2. The minimum absolute atomic E-state index is 0.0351. The molecule has 1 amide bonds. The Kier molecular flexibility index (Phi) is 6.96. The number of rotatable bonds is 3. The lowest BCUT2D eigenvalue weighted by atomic mass is 9.84. The number of anilines is 1. The lowest BCUT2D eigenvalue weighted by Gasteiger charge is -2.27. The number of phenols is 1. The first-order chi connectivity index (χ1) is 17.6. The molecule has 0 spiro atoms. The maximum Gasteiger partial charge on any atom is 0.300 e. The summed E-state index contributed by atoms with van der Waals surface area (Å²) in [6.07, 6.45) is 0. The van der Waals surface area contributed by atoms with Crippen LogP contribution in [-0.4, -0.2) is 21.9 Å². The predicted molar refractivity (Wildman–Crippen MR) is 153 cm³/mol. The summed E-state index contributed by atoms with van der Waals surface area (Å²) in [4.78, 5) is 28.3. The van der Waals surface area contributed by atoms with Crippen LogP contribution in [0, 0.1) is 6.92 Å². The Morgan fingerprint density at radius 2 is 1.42 bits per heavy atom. The SMILES string of the molecule is Cc1ccc(C(C)(C)C)cc1/C(O)=C1\C(=O)C(=O)N(c2cc(Cl)ccc2O)C1c1ccc(C(C)(C)C)cc1. The van der Waals surface area contributed by atoms with Gasteiger partial charge in [0, 0.05) is 10.6 Å². The number of ketones is 1. The Hall–Kier alpha value is -3.57. The number of phenolic OH excluding ortho intramolecular Hbond substituents is 1. The van der Waals surface area contributed by atoms with Crippen molar-refractivity contribution in [2.75, 3.05) is 4.90 Å². The van der Waals surface area contributed by atoms with Crippen molar-refractivity contribution in [3.8, 4) is 5.75 Å². The number of hydrogen-bond donors (Lipinski definition) is 2. The van der Waals surface area contributed by atoms with Gasteiger partial charge in [-0.15, -0.1) is 0 Å².